The van der Waals surface area contributed by atoms with Gasteiger partial charge in [-0.1, -0.05) is 119 Å². The van der Waals surface area contributed by atoms with Gasteiger partial charge < -0.3 is 4.74 Å². The maximum absolute atomic E-state index is 5.89. The van der Waals surface area contributed by atoms with Crippen molar-refractivity contribution in [2.75, 3.05) is 0 Å². The molecule has 0 unspecified atom stereocenters. The van der Waals surface area contributed by atoms with Crippen LogP contribution in [0.4, 0.5) is 0 Å². The van der Waals surface area contributed by atoms with Gasteiger partial charge in [-0.05, 0) is 17.7 Å². The summed E-state index contributed by atoms with van der Waals surface area (Å²) < 4.78 is 5.89. The zero-order valence-corrected chi connectivity index (χ0v) is 17.7. The Kier molecular flexibility index (Phi) is 10.2. The molecule has 0 aliphatic rings. The molecule has 26 heavy (non-hydrogen) atoms. The first-order valence-electron chi connectivity index (χ1n) is 10.4. The van der Waals surface area contributed by atoms with E-state index in [9.17, 15) is 0 Å². The number of hydrogen-bond donors (Lipinski definition) is 0. The van der Waals surface area contributed by atoms with Crippen molar-refractivity contribution in [2.24, 2.45) is 0 Å². The smallest absolute Gasteiger partial charge is 0.119 e. The highest BCUT2D eigenvalue weighted by Gasteiger charge is 2.08. The van der Waals surface area contributed by atoms with Crippen LogP contribution in [-0.2, 0) is 6.61 Å². The molecule has 2 heteroatoms. The molecule has 0 bridgehead atoms. The van der Waals surface area contributed by atoms with Gasteiger partial charge in [-0.2, -0.15) is 0 Å². The van der Waals surface area contributed by atoms with E-state index >= 15 is 0 Å². The second-order valence-corrected chi connectivity index (χ2v) is 9.94. The van der Waals surface area contributed by atoms with E-state index in [2.05, 4.69) is 62.0 Å². The minimum Gasteiger partial charge on any atom is -0.489 e. The Morgan fingerprint density at radius 3 is 2.00 bits per heavy atom. The topological polar surface area (TPSA) is 9.23 Å². The predicted octanol–water partition coefficient (Wildman–Crippen LogP) is 6.74. The molecule has 2 aromatic carbocycles. The van der Waals surface area contributed by atoms with Crippen LogP contribution < -0.4 is 9.92 Å². The molecule has 0 heterocycles. The van der Waals surface area contributed by atoms with E-state index in [4.69, 9.17) is 4.74 Å². The zero-order valence-electron chi connectivity index (χ0n) is 16.7. The third-order valence-corrected chi connectivity index (χ3v) is 7.42. The highest BCUT2D eigenvalue weighted by atomic mass is 28.3. The van der Waals surface area contributed by atoms with Gasteiger partial charge >= 0.3 is 0 Å². The number of benzene rings is 2. The first-order valence-corrected chi connectivity index (χ1v) is 12.6. The monoisotopic (exact) mass is 367 g/mol. The SMILES string of the molecule is CCCCCCCCCC[Si](C)c1ccc(OCc2ccccc2)cc1. The lowest BCUT2D eigenvalue weighted by molar-refractivity contribution is 0.306. The maximum Gasteiger partial charge on any atom is 0.119 e. The van der Waals surface area contributed by atoms with Crippen LogP contribution in [0.2, 0.25) is 12.6 Å². The van der Waals surface area contributed by atoms with Gasteiger partial charge in [-0.25, -0.2) is 0 Å². The normalized spacial score (nSPS) is 11.0. The van der Waals surface area contributed by atoms with Gasteiger partial charge in [0.2, 0.25) is 0 Å². The van der Waals surface area contributed by atoms with Gasteiger partial charge in [0.1, 0.15) is 12.4 Å². The number of rotatable bonds is 13. The Morgan fingerprint density at radius 1 is 0.731 bits per heavy atom. The first-order chi connectivity index (χ1) is 12.8. The summed E-state index contributed by atoms with van der Waals surface area (Å²) in [4.78, 5) is 0. The Morgan fingerprint density at radius 2 is 1.35 bits per heavy atom. The van der Waals surface area contributed by atoms with Crippen molar-refractivity contribution in [1.82, 2.24) is 0 Å². The molecule has 0 N–H and O–H groups in total. The third-order valence-electron chi connectivity index (χ3n) is 5.00. The van der Waals surface area contributed by atoms with E-state index in [1.165, 1.54) is 68.2 Å². The summed E-state index contributed by atoms with van der Waals surface area (Å²) in [6.07, 6.45) is 11.3. The molecule has 0 saturated carbocycles. The minimum absolute atomic E-state index is 0.407. The van der Waals surface area contributed by atoms with Gasteiger partial charge in [-0.15, -0.1) is 0 Å². The molecule has 2 aromatic rings. The van der Waals surface area contributed by atoms with Crippen LogP contribution in [0.25, 0.3) is 0 Å². The van der Waals surface area contributed by atoms with E-state index in [-0.39, 0.29) is 0 Å². The molecule has 2 rings (SSSR count). The van der Waals surface area contributed by atoms with Crippen LogP contribution >= 0.6 is 0 Å². The van der Waals surface area contributed by atoms with Gasteiger partial charge in [-0.3, -0.25) is 0 Å². The highest BCUT2D eigenvalue weighted by molar-refractivity contribution is 6.71. The molecular weight excluding hydrogens is 332 g/mol. The zero-order chi connectivity index (χ0) is 18.5. The molecule has 0 aliphatic heterocycles. The maximum atomic E-state index is 5.89. The van der Waals surface area contributed by atoms with Gasteiger partial charge in [0.05, 0.1) is 8.80 Å². The lowest BCUT2D eigenvalue weighted by Crippen LogP contribution is -2.25. The van der Waals surface area contributed by atoms with Gasteiger partial charge in [0.25, 0.3) is 0 Å². The molecule has 141 valence electrons. The van der Waals surface area contributed by atoms with Crippen LogP contribution in [0.5, 0.6) is 5.75 Å². The van der Waals surface area contributed by atoms with Crippen LogP contribution in [0.3, 0.4) is 0 Å². The number of unbranched alkanes of at least 4 members (excludes halogenated alkanes) is 7. The second-order valence-electron chi connectivity index (χ2n) is 7.30. The van der Waals surface area contributed by atoms with Crippen molar-refractivity contribution in [3.05, 3.63) is 60.2 Å². The fourth-order valence-electron chi connectivity index (χ4n) is 3.24. The average molecular weight is 368 g/mol. The van der Waals surface area contributed by atoms with Gasteiger partial charge in [0.15, 0.2) is 0 Å². The Hall–Kier alpha value is -1.54. The second kappa shape index (κ2) is 12.8. The lowest BCUT2D eigenvalue weighted by Gasteiger charge is -2.12. The molecule has 0 fully saturated rings. The number of ether oxygens (including phenoxy) is 1. The van der Waals surface area contributed by atoms with E-state index in [0.717, 1.165) is 5.75 Å². The van der Waals surface area contributed by atoms with Crippen molar-refractivity contribution in [3.63, 3.8) is 0 Å². The summed E-state index contributed by atoms with van der Waals surface area (Å²) in [5, 5.41) is 1.53. The quantitative estimate of drug-likeness (QED) is 0.281. The van der Waals surface area contributed by atoms with Crippen molar-refractivity contribution >= 4 is 14.0 Å². The Balaban J connectivity index is 1.62. The molecule has 0 atom stereocenters. The molecule has 0 saturated heterocycles. The fourth-order valence-corrected chi connectivity index (χ4v) is 5.05. The standard InChI is InChI=1S/C24H35OSi/c1-3-4-5-6-7-8-9-13-20-26(2)24-18-16-23(17-19-24)25-21-22-14-11-10-12-15-22/h10-12,14-19H,3-9,13,20-21H2,1-2H3. The van der Waals surface area contributed by atoms with Crippen molar-refractivity contribution in [3.8, 4) is 5.75 Å². The van der Waals surface area contributed by atoms with Crippen molar-refractivity contribution in [1.29, 1.82) is 0 Å². The lowest BCUT2D eigenvalue weighted by atomic mass is 10.1. The van der Waals surface area contributed by atoms with E-state index in [1.54, 1.807) is 0 Å². The number of hydrogen-bond acceptors (Lipinski definition) is 1. The van der Waals surface area contributed by atoms with Crippen molar-refractivity contribution < 1.29 is 4.74 Å². The van der Waals surface area contributed by atoms with Crippen LogP contribution in [-0.4, -0.2) is 8.80 Å². The first kappa shape index (κ1) is 20.8. The molecule has 0 aromatic heterocycles. The summed E-state index contributed by atoms with van der Waals surface area (Å²) >= 11 is 0. The molecular formula is C24H35OSi. The largest absolute Gasteiger partial charge is 0.489 e. The summed E-state index contributed by atoms with van der Waals surface area (Å²) in [5.74, 6) is 0.972. The van der Waals surface area contributed by atoms with Crippen LogP contribution in [0, 0.1) is 0 Å². The van der Waals surface area contributed by atoms with Gasteiger partial charge in [0, 0.05) is 0 Å². The van der Waals surface area contributed by atoms with E-state index in [0.29, 0.717) is 6.61 Å². The summed E-state index contributed by atoms with van der Waals surface area (Å²) in [6, 6.07) is 20.6. The predicted molar refractivity (Wildman–Crippen MR) is 116 cm³/mol. The minimum atomic E-state index is -0.407. The van der Waals surface area contributed by atoms with Crippen LogP contribution in [0.1, 0.15) is 63.9 Å². The summed E-state index contributed by atoms with van der Waals surface area (Å²) in [7, 11) is -0.407. The van der Waals surface area contributed by atoms with E-state index < -0.39 is 8.80 Å². The van der Waals surface area contributed by atoms with Crippen molar-refractivity contribution in [2.45, 2.75) is 77.5 Å². The molecule has 0 amide bonds. The average Bonchev–Trinajstić information content (AvgIpc) is 2.69. The molecule has 0 spiro atoms. The summed E-state index contributed by atoms with van der Waals surface area (Å²) in [5.41, 5.74) is 1.21. The summed E-state index contributed by atoms with van der Waals surface area (Å²) in [6.45, 7) is 5.38. The van der Waals surface area contributed by atoms with Crippen LogP contribution in [0.15, 0.2) is 54.6 Å². The molecule has 0 aliphatic carbocycles. The third kappa shape index (κ3) is 8.22. The highest BCUT2D eigenvalue weighted by Crippen LogP contribution is 2.14. The molecule has 1 nitrogen and oxygen atoms in total. The van der Waals surface area contributed by atoms with E-state index in [1.807, 2.05) is 6.07 Å². The fraction of sp³-hybridized carbons (Fsp3) is 0.500. The Bertz CT molecular complexity index is 579. The molecule has 1 radical (unpaired) electrons. The Labute approximate surface area is 162 Å².